The second-order valence-electron chi connectivity index (χ2n) is 3.36. The van der Waals surface area contributed by atoms with Crippen molar-refractivity contribution >= 4 is 11.6 Å². The molecule has 0 fully saturated rings. The number of rotatable bonds is 3. The van der Waals surface area contributed by atoms with Gasteiger partial charge in [0.25, 0.3) is 0 Å². The van der Waals surface area contributed by atoms with Crippen molar-refractivity contribution in [3.63, 3.8) is 0 Å². The van der Waals surface area contributed by atoms with Crippen molar-refractivity contribution in [3.8, 4) is 11.9 Å². The summed E-state index contributed by atoms with van der Waals surface area (Å²) in [6.45, 7) is 0.377. The maximum atomic E-state index is 8.81. The molecule has 2 aromatic rings. The summed E-state index contributed by atoms with van der Waals surface area (Å²) in [6, 6.07) is 13.2. The van der Waals surface area contributed by atoms with E-state index in [0.29, 0.717) is 12.2 Å². The summed E-state index contributed by atoms with van der Waals surface area (Å²) in [6.07, 6.45) is 1.50. The minimum Gasteiger partial charge on any atom is -0.472 e. The van der Waals surface area contributed by atoms with Crippen molar-refractivity contribution in [1.82, 2.24) is 4.98 Å². The van der Waals surface area contributed by atoms with E-state index in [1.807, 2.05) is 36.4 Å². The van der Waals surface area contributed by atoms with Gasteiger partial charge in [0.05, 0.1) is 5.56 Å². The highest BCUT2D eigenvalue weighted by molar-refractivity contribution is 6.32. The summed E-state index contributed by atoms with van der Waals surface area (Å²) in [5, 5.41) is 9.07. The first kappa shape index (κ1) is 11.4. The van der Waals surface area contributed by atoms with Gasteiger partial charge in [0.15, 0.2) is 0 Å². The van der Waals surface area contributed by atoms with E-state index in [4.69, 9.17) is 21.6 Å². The lowest BCUT2D eigenvalue weighted by atomic mass is 10.2. The number of halogens is 1. The van der Waals surface area contributed by atoms with Gasteiger partial charge in [0.1, 0.15) is 17.7 Å². The molecule has 0 saturated heterocycles. The number of hydrogen-bond donors (Lipinski definition) is 0. The lowest BCUT2D eigenvalue weighted by Crippen LogP contribution is -1.98. The minimum atomic E-state index is 0.255. The maximum absolute atomic E-state index is 8.81. The fourth-order valence-electron chi connectivity index (χ4n) is 1.34. The monoisotopic (exact) mass is 244 g/mol. The van der Waals surface area contributed by atoms with Crippen LogP contribution in [-0.4, -0.2) is 4.98 Å². The fourth-order valence-corrected chi connectivity index (χ4v) is 1.55. The van der Waals surface area contributed by atoms with Crippen LogP contribution in [0.5, 0.6) is 5.88 Å². The van der Waals surface area contributed by atoms with Gasteiger partial charge in [-0.15, -0.1) is 0 Å². The van der Waals surface area contributed by atoms with Gasteiger partial charge in [0.2, 0.25) is 5.88 Å². The molecule has 1 aromatic carbocycles. The molecule has 0 amide bonds. The molecule has 0 N–H and O–H groups in total. The van der Waals surface area contributed by atoms with Crippen LogP contribution in [-0.2, 0) is 6.61 Å². The molecule has 2 rings (SSSR count). The van der Waals surface area contributed by atoms with Gasteiger partial charge >= 0.3 is 0 Å². The molecular weight excluding hydrogens is 236 g/mol. The molecule has 3 nitrogen and oxygen atoms in total. The lowest BCUT2D eigenvalue weighted by molar-refractivity contribution is 0.294. The average Bonchev–Trinajstić information content (AvgIpc) is 2.39. The van der Waals surface area contributed by atoms with E-state index < -0.39 is 0 Å². The summed E-state index contributed by atoms with van der Waals surface area (Å²) >= 11 is 5.97. The zero-order valence-electron chi connectivity index (χ0n) is 8.93. The number of nitriles is 1. The molecule has 0 atom stereocenters. The minimum absolute atomic E-state index is 0.255. The zero-order valence-corrected chi connectivity index (χ0v) is 9.69. The summed E-state index contributed by atoms with van der Waals surface area (Å²) in [4.78, 5) is 4.00. The molecule has 0 radical (unpaired) electrons. The molecule has 0 aliphatic heterocycles. The molecule has 1 aromatic heterocycles. The SMILES string of the molecule is N#Cc1ccnc(OCc2ccccc2)c1Cl. The van der Waals surface area contributed by atoms with E-state index in [-0.39, 0.29) is 10.9 Å². The van der Waals surface area contributed by atoms with Gasteiger partial charge in [-0.2, -0.15) is 5.26 Å². The fraction of sp³-hybridized carbons (Fsp3) is 0.0769. The normalized spacial score (nSPS) is 9.65. The Morgan fingerprint density at radius 1 is 1.24 bits per heavy atom. The quantitative estimate of drug-likeness (QED) is 0.833. The van der Waals surface area contributed by atoms with Crippen molar-refractivity contribution in [2.24, 2.45) is 0 Å². The number of pyridine rings is 1. The lowest BCUT2D eigenvalue weighted by Gasteiger charge is -2.07. The molecule has 4 heteroatoms. The molecule has 0 bridgehead atoms. The average molecular weight is 245 g/mol. The standard InChI is InChI=1S/C13H9ClN2O/c14-12-11(8-15)6-7-16-13(12)17-9-10-4-2-1-3-5-10/h1-7H,9H2. The van der Waals surface area contributed by atoms with E-state index in [1.165, 1.54) is 6.20 Å². The van der Waals surface area contributed by atoms with E-state index >= 15 is 0 Å². The summed E-state index contributed by atoms with van der Waals surface area (Å²) < 4.78 is 5.47. The van der Waals surface area contributed by atoms with E-state index in [2.05, 4.69) is 4.98 Å². The summed E-state index contributed by atoms with van der Waals surface area (Å²) in [5.41, 5.74) is 1.39. The second-order valence-corrected chi connectivity index (χ2v) is 3.74. The Bertz CT molecular complexity index is 549. The third kappa shape index (κ3) is 2.74. The third-order valence-corrected chi connectivity index (χ3v) is 2.56. The number of aromatic nitrogens is 1. The van der Waals surface area contributed by atoms with Crippen molar-refractivity contribution in [2.75, 3.05) is 0 Å². The predicted molar refractivity (Wildman–Crippen MR) is 64.7 cm³/mol. The van der Waals surface area contributed by atoms with Crippen LogP contribution in [0.15, 0.2) is 42.6 Å². The van der Waals surface area contributed by atoms with Crippen molar-refractivity contribution in [3.05, 3.63) is 58.7 Å². The molecule has 1 heterocycles. The molecule has 84 valence electrons. The Morgan fingerprint density at radius 3 is 2.71 bits per heavy atom. The first-order chi connectivity index (χ1) is 8.31. The number of hydrogen-bond acceptors (Lipinski definition) is 3. The van der Waals surface area contributed by atoms with Crippen LogP contribution >= 0.6 is 11.6 Å². The van der Waals surface area contributed by atoms with Crippen molar-refractivity contribution in [1.29, 1.82) is 5.26 Å². The maximum Gasteiger partial charge on any atom is 0.234 e. The van der Waals surface area contributed by atoms with Crippen LogP contribution in [0.25, 0.3) is 0 Å². The van der Waals surface area contributed by atoms with Gasteiger partial charge in [-0.1, -0.05) is 41.9 Å². The molecule has 0 unspecified atom stereocenters. The molecule has 0 spiro atoms. The Balaban J connectivity index is 2.13. The van der Waals surface area contributed by atoms with Gasteiger partial charge in [-0.3, -0.25) is 0 Å². The molecule has 17 heavy (non-hydrogen) atoms. The Hall–Kier alpha value is -2.05. The number of nitrogens with zero attached hydrogens (tertiary/aromatic N) is 2. The molecule has 0 aliphatic carbocycles. The van der Waals surface area contributed by atoms with Crippen molar-refractivity contribution in [2.45, 2.75) is 6.61 Å². The van der Waals surface area contributed by atoms with Crippen LogP contribution < -0.4 is 4.74 Å². The largest absolute Gasteiger partial charge is 0.472 e. The van der Waals surface area contributed by atoms with Crippen LogP contribution in [0, 0.1) is 11.3 Å². The summed E-state index contributed by atoms with van der Waals surface area (Å²) in [5.74, 6) is 0.287. The smallest absolute Gasteiger partial charge is 0.234 e. The predicted octanol–water partition coefficient (Wildman–Crippen LogP) is 3.19. The number of ether oxygens (including phenoxy) is 1. The third-order valence-electron chi connectivity index (χ3n) is 2.20. The zero-order chi connectivity index (χ0) is 12.1. The Labute approximate surface area is 104 Å². The first-order valence-electron chi connectivity index (χ1n) is 5.02. The van der Waals surface area contributed by atoms with E-state index in [9.17, 15) is 0 Å². The van der Waals surface area contributed by atoms with Gasteiger partial charge < -0.3 is 4.74 Å². The topological polar surface area (TPSA) is 45.9 Å². The molecule has 0 aliphatic rings. The van der Waals surface area contributed by atoms with Crippen LogP contribution in [0.2, 0.25) is 5.02 Å². The van der Waals surface area contributed by atoms with Crippen LogP contribution in [0.4, 0.5) is 0 Å². The van der Waals surface area contributed by atoms with Gasteiger partial charge in [-0.25, -0.2) is 4.98 Å². The second kappa shape index (κ2) is 5.33. The molecule has 0 saturated carbocycles. The molecular formula is C13H9ClN2O. The van der Waals surface area contributed by atoms with Gasteiger partial charge in [0, 0.05) is 6.20 Å². The van der Waals surface area contributed by atoms with E-state index in [1.54, 1.807) is 6.07 Å². The number of benzene rings is 1. The van der Waals surface area contributed by atoms with Gasteiger partial charge in [-0.05, 0) is 11.6 Å². The van der Waals surface area contributed by atoms with Crippen LogP contribution in [0.3, 0.4) is 0 Å². The first-order valence-corrected chi connectivity index (χ1v) is 5.40. The van der Waals surface area contributed by atoms with E-state index in [0.717, 1.165) is 5.56 Å². The Morgan fingerprint density at radius 2 is 2.00 bits per heavy atom. The summed E-state index contributed by atoms with van der Waals surface area (Å²) in [7, 11) is 0. The highest BCUT2D eigenvalue weighted by atomic mass is 35.5. The highest BCUT2D eigenvalue weighted by Gasteiger charge is 2.08. The van der Waals surface area contributed by atoms with Crippen molar-refractivity contribution < 1.29 is 4.74 Å². The highest BCUT2D eigenvalue weighted by Crippen LogP contribution is 2.25. The van der Waals surface area contributed by atoms with Crippen LogP contribution in [0.1, 0.15) is 11.1 Å². The Kier molecular flexibility index (Phi) is 3.59.